The van der Waals surface area contributed by atoms with Crippen LogP contribution < -0.4 is 14.4 Å². The van der Waals surface area contributed by atoms with Crippen LogP contribution in [0, 0.1) is 13.8 Å². The zero-order valence-corrected chi connectivity index (χ0v) is 28.9. The Morgan fingerprint density at radius 3 is 2.67 bits per heavy atom. The van der Waals surface area contributed by atoms with Gasteiger partial charge in [0, 0.05) is 42.3 Å². The first-order valence-corrected chi connectivity index (χ1v) is 17.3. The first-order valence-electron chi connectivity index (χ1n) is 15.5. The number of fused-ring (bicyclic) bond motifs is 1. The lowest BCUT2D eigenvalue weighted by Gasteiger charge is -2.34. The Kier molecular flexibility index (Phi) is 9.58. The van der Waals surface area contributed by atoms with Crippen molar-refractivity contribution in [1.29, 1.82) is 0 Å². The van der Waals surface area contributed by atoms with Crippen LogP contribution in [-0.2, 0) is 16.0 Å². The first kappa shape index (κ1) is 33.2. The largest absolute Gasteiger partial charge is 0.755 e. The molecule has 14 heteroatoms. The Morgan fingerprint density at radius 1 is 1.08 bits per heavy atom. The van der Waals surface area contributed by atoms with Crippen molar-refractivity contribution in [3.8, 4) is 22.9 Å². The minimum Gasteiger partial charge on any atom is -0.755 e. The molecule has 12 nitrogen and oxygen atoms in total. The van der Waals surface area contributed by atoms with Crippen LogP contribution in [0.5, 0.6) is 11.6 Å². The van der Waals surface area contributed by atoms with E-state index in [1.165, 1.54) is 4.31 Å². The van der Waals surface area contributed by atoms with Gasteiger partial charge in [0.2, 0.25) is 11.8 Å². The maximum atomic E-state index is 12.7. The summed E-state index contributed by atoms with van der Waals surface area (Å²) < 4.78 is 42.6. The summed E-state index contributed by atoms with van der Waals surface area (Å²) >= 11 is -1.47. The highest BCUT2D eigenvalue weighted by Crippen LogP contribution is 2.42. The zero-order chi connectivity index (χ0) is 34.0. The number of nitrogens with one attached hydrogen (secondary N) is 1. The molecule has 0 bridgehead atoms. The molecule has 48 heavy (non-hydrogen) atoms. The highest BCUT2D eigenvalue weighted by molar-refractivity contribution is 7.81. The minimum atomic E-state index is -2.59. The second-order valence-corrected chi connectivity index (χ2v) is 14.1. The number of benzene rings is 2. The fourth-order valence-electron chi connectivity index (χ4n) is 5.57. The number of aryl methyl sites for hydroxylation is 2. The van der Waals surface area contributed by atoms with E-state index < -0.39 is 16.9 Å². The van der Waals surface area contributed by atoms with Crippen LogP contribution >= 0.6 is 11.5 Å². The summed E-state index contributed by atoms with van der Waals surface area (Å²) in [6, 6.07) is 16.4. The summed E-state index contributed by atoms with van der Waals surface area (Å²) in [7, 11) is 0. The monoisotopic (exact) mass is 686 g/mol. The number of likely N-dealkylation sites (tertiary alicyclic amines) is 1. The topological polar surface area (TPSA) is 146 Å². The van der Waals surface area contributed by atoms with Crippen molar-refractivity contribution in [3.05, 3.63) is 78.2 Å². The van der Waals surface area contributed by atoms with Gasteiger partial charge in [-0.2, -0.15) is 4.37 Å². The van der Waals surface area contributed by atoms with Crippen LogP contribution in [-0.4, -0.2) is 63.8 Å². The quantitative estimate of drug-likeness (QED) is 0.165. The van der Waals surface area contributed by atoms with Crippen molar-refractivity contribution in [2.24, 2.45) is 0 Å². The molecular formula is C34H36N7O5S2-. The Labute approximate surface area is 285 Å². The molecule has 1 unspecified atom stereocenters. The number of amides is 1. The van der Waals surface area contributed by atoms with Crippen LogP contribution in [0.2, 0.25) is 0 Å². The average molecular weight is 687 g/mol. The Morgan fingerprint density at radius 2 is 1.92 bits per heavy atom. The van der Waals surface area contributed by atoms with E-state index in [9.17, 15) is 13.6 Å². The first-order chi connectivity index (χ1) is 23.0. The molecule has 0 aliphatic carbocycles. The minimum absolute atomic E-state index is 0.0458. The average Bonchev–Trinajstić information content (AvgIpc) is 3.47. The van der Waals surface area contributed by atoms with Crippen molar-refractivity contribution in [2.45, 2.75) is 59.1 Å². The predicted molar refractivity (Wildman–Crippen MR) is 186 cm³/mol. The van der Waals surface area contributed by atoms with Gasteiger partial charge in [0.05, 0.1) is 33.9 Å². The van der Waals surface area contributed by atoms with Crippen molar-refractivity contribution in [2.75, 3.05) is 22.7 Å². The fraction of sp³-hybridized carbons (Fsp3) is 0.324. The number of carbonyl (C=O) groups excluding carboxylic acids is 1. The third-order valence-electron chi connectivity index (χ3n) is 7.68. The van der Waals surface area contributed by atoms with E-state index in [0.29, 0.717) is 58.0 Å². The van der Waals surface area contributed by atoms with E-state index >= 15 is 0 Å². The van der Waals surface area contributed by atoms with Crippen LogP contribution in [0.4, 0.5) is 21.4 Å². The third-order valence-corrected chi connectivity index (χ3v) is 9.35. The molecule has 0 saturated carbocycles. The molecule has 3 aromatic heterocycles. The molecule has 1 N–H and O–H groups in total. The predicted octanol–water partition coefficient (Wildman–Crippen LogP) is 7.30. The molecule has 1 saturated heterocycles. The van der Waals surface area contributed by atoms with Crippen molar-refractivity contribution < 1.29 is 23.0 Å². The number of carbonyl (C=O) groups is 1. The van der Waals surface area contributed by atoms with Gasteiger partial charge in [-0.05, 0) is 94.9 Å². The Hall–Kier alpha value is -4.66. The molecule has 0 spiro atoms. The summed E-state index contributed by atoms with van der Waals surface area (Å²) in [4.78, 5) is 28.2. The molecule has 4 heterocycles. The van der Waals surface area contributed by atoms with E-state index in [4.69, 9.17) is 14.5 Å². The maximum absolute atomic E-state index is 12.7. The normalized spacial score (nSPS) is 15.6. The molecule has 1 aliphatic heterocycles. The summed E-state index contributed by atoms with van der Waals surface area (Å²) in [5.41, 5.74) is 2.74. The van der Waals surface area contributed by atoms with Gasteiger partial charge in [0.15, 0.2) is 0 Å². The molecule has 1 amide bonds. The van der Waals surface area contributed by atoms with Crippen molar-refractivity contribution >= 4 is 56.3 Å². The van der Waals surface area contributed by atoms with Crippen molar-refractivity contribution in [3.63, 3.8) is 0 Å². The number of aromatic nitrogens is 4. The standard InChI is InChI=1S/C34H37N7O5S2/c1-21-13-14-24-25(10-6-12-28(24)41(48(43)44)29-19-22(2)39-47-29)30(21)45-31-26(11-7-16-35-31)27-15-17-36-32(38-27)37-23-9-8-18-40(20-23)33(42)46-34(3,4)5/h6-7,10-17,19,23H,8-9,18,20H2,1-5H3,(H,43,44)(H,36,37,38)/p-1/t23-/m0/s1. The smallest absolute Gasteiger partial charge is 0.410 e. The molecule has 6 rings (SSSR count). The highest BCUT2D eigenvalue weighted by Gasteiger charge is 2.28. The summed E-state index contributed by atoms with van der Waals surface area (Å²) in [5.74, 6) is 1.30. The number of nitrogens with zero attached hydrogens (tertiary/aromatic N) is 6. The van der Waals surface area contributed by atoms with Gasteiger partial charge in [-0.3, -0.25) is 8.51 Å². The third kappa shape index (κ3) is 7.40. The molecule has 5 aromatic rings. The lowest BCUT2D eigenvalue weighted by atomic mass is 10.0. The number of pyridine rings is 1. The maximum Gasteiger partial charge on any atom is 0.410 e. The van der Waals surface area contributed by atoms with E-state index in [2.05, 4.69) is 19.7 Å². The van der Waals surface area contributed by atoms with Gasteiger partial charge in [-0.1, -0.05) is 24.3 Å². The van der Waals surface area contributed by atoms with Crippen LogP contribution in [0.1, 0.15) is 44.9 Å². The lowest BCUT2D eigenvalue weighted by Crippen LogP contribution is -2.47. The van der Waals surface area contributed by atoms with E-state index in [1.54, 1.807) is 41.6 Å². The lowest BCUT2D eigenvalue weighted by molar-refractivity contribution is 0.0206. The van der Waals surface area contributed by atoms with E-state index in [0.717, 1.165) is 41.0 Å². The van der Waals surface area contributed by atoms with Crippen molar-refractivity contribution in [1.82, 2.24) is 24.2 Å². The van der Waals surface area contributed by atoms with Crippen LogP contribution in [0.15, 0.2) is 67.0 Å². The van der Waals surface area contributed by atoms with Crippen LogP contribution in [0.25, 0.3) is 22.0 Å². The molecular weight excluding hydrogens is 651 g/mol. The van der Waals surface area contributed by atoms with E-state index in [-0.39, 0.29) is 12.1 Å². The fourth-order valence-corrected chi connectivity index (χ4v) is 7.05. The summed E-state index contributed by atoms with van der Waals surface area (Å²) in [6.07, 6.45) is 4.67. The number of anilines is 3. The van der Waals surface area contributed by atoms with E-state index in [1.807, 2.05) is 65.0 Å². The molecule has 2 atom stereocenters. The van der Waals surface area contributed by atoms with Gasteiger partial charge >= 0.3 is 6.09 Å². The second-order valence-electron chi connectivity index (χ2n) is 12.5. The Balaban J connectivity index is 1.28. The summed E-state index contributed by atoms with van der Waals surface area (Å²) in [5, 5.41) is 5.29. The molecule has 250 valence electrons. The van der Waals surface area contributed by atoms with Crippen LogP contribution in [0.3, 0.4) is 0 Å². The van der Waals surface area contributed by atoms with Gasteiger partial charge in [-0.15, -0.1) is 0 Å². The number of rotatable bonds is 8. The molecule has 2 aromatic carbocycles. The number of piperidine rings is 1. The number of hydrogen-bond acceptors (Lipinski definition) is 11. The number of ether oxygens (including phenoxy) is 2. The molecule has 1 aliphatic rings. The number of hydrogen-bond donors (Lipinski definition) is 1. The highest BCUT2D eigenvalue weighted by atomic mass is 32.2. The zero-order valence-electron chi connectivity index (χ0n) is 27.3. The van der Waals surface area contributed by atoms with Gasteiger partial charge in [0.1, 0.15) is 16.4 Å². The molecule has 1 fully saturated rings. The SMILES string of the molecule is Cc1cc(N(c2cccc3c(Oc4ncccc4-c4ccnc(N[C@H]5CCCN(C(=O)OC(C)(C)C)C5)n4)c(C)ccc23)S(=O)[O-])sn1. The molecule has 0 radical (unpaired) electrons. The summed E-state index contributed by atoms with van der Waals surface area (Å²) in [6.45, 7) is 10.4. The van der Waals surface area contributed by atoms with Gasteiger partial charge in [-0.25, -0.2) is 19.7 Å². The van der Waals surface area contributed by atoms with Gasteiger partial charge < -0.3 is 24.2 Å². The van der Waals surface area contributed by atoms with Gasteiger partial charge in [0.25, 0.3) is 0 Å². The second kappa shape index (κ2) is 13.8. The Bertz CT molecular complexity index is 1980.